The Morgan fingerprint density at radius 2 is 1.81 bits per heavy atom. The van der Waals surface area contributed by atoms with E-state index in [-0.39, 0.29) is 0 Å². The van der Waals surface area contributed by atoms with Gasteiger partial charge in [0.2, 0.25) is 0 Å². The first-order valence-corrected chi connectivity index (χ1v) is 6.84. The number of hydrogen-bond donors (Lipinski definition) is 1. The van der Waals surface area contributed by atoms with Crippen molar-refractivity contribution in [2.75, 3.05) is 20.1 Å². The molecule has 0 radical (unpaired) electrons. The third-order valence-corrected chi connectivity index (χ3v) is 3.95. The van der Waals surface area contributed by atoms with Crippen LogP contribution in [0.1, 0.15) is 53.4 Å². The average molecular weight is 226 g/mol. The van der Waals surface area contributed by atoms with Crippen LogP contribution < -0.4 is 5.32 Å². The molecule has 0 amide bonds. The first-order chi connectivity index (χ1) is 7.41. The summed E-state index contributed by atoms with van der Waals surface area (Å²) in [6, 6.07) is 1.43. The van der Waals surface area contributed by atoms with Gasteiger partial charge < -0.3 is 10.2 Å². The van der Waals surface area contributed by atoms with Gasteiger partial charge in [0, 0.05) is 25.2 Å². The van der Waals surface area contributed by atoms with E-state index in [1.807, 2.05) is 0 Å². The van der Waals surface area contributed by atoms with Gasteiger partial charge >= 0.3 is 0 Å². The lowest BCUT2D eigenvalue weighted by atomic mass is 9.75. The highest BCUT2D eigenvalue weighted by Gasteiger charge is 2.28. The van der Waals surface area contributed by atoms with E-state index in [1.165, 1.54) is 32.2 Å². The fourth-order valence-electron chi connectivity index (χ4n) is 2.54. The zero-order valence-corrected chi connectivity index (χ0v) is 11.8. The van der Waals surface area contributed by atoms with Crippen molar-refractivity contribution in [3.63, 3.8) is 0 Å². The lowest BCUT2D eigenvalue weighted by molar-refractivity contribution is 0.128. The summed E-state index contributed by atoms with van der Waals surface area (Å²) in [6.07, 6.45) is 5.54. The Labute approximate surface area is 102 Å². The van der Waals surface area contributed by atoms with Gasteiger partial charge in [-0.3, -0.25) is 0 Å². The summed E-state index contributed by atoms with van der Waals surface area (Å²) < 4.78 is 0. The van der Waals surface area contributed by atoms with Crippen molar-refractivity contribution in [2.45, 2.75) is 65.5 Å². The van der Waals surface area contributed by atoms with Crippen molar-refractivity contribution in [1.29, 1.82) is 0 Å². The molecule has 1 aliphatic rings. The van der Waals surface area contributed by atoms with E-state index in [1.54, 1.807) is 0 Å². The Kier molecular flexibility index (Phi) is 5.26. The summed E-state index contributed by atoms with van der Waals surface area (Å²) in [6.45, 7) is 11.5. The Balaban J connectivity index is 2.20. The molecule has 0 bridgehead atoms. The largest absolute Gasteiger partial charge is 0.313 e. The summed E-state index contributed by atoms with van der Waals surface area (Å²) in [7, 11) is 2.28. The first-order valence-electron chi connectivity index (χ1n) is 6.84. The number of likely N-dealkylation sites (N-methyl/N-ethyl adjacent to an activating group) is 1. The number of nitrogens with zero attached hydrogens (tertiary/aromatic N) is 1. The second kappa shape index (κ2) is 6.02. The molecule has 0 saturated heterocycles. The van der Waals surface area contributed by atoms with Crippen LogP contribution in [0.25, 0.3) is 0 Å². The molecule has 1 saturated carbocycles. The van der Waals surface area contributed by atoms with Gasteiger partial charge in [-0.1, -0.05) is 27.7 Å². The van der Waals surface area contributed by atoms with Crippen molar-refractivity contribution in [1.82, 2.24) is 10.2 Å². The maximum absolute atomic E-state index is 3.49. The monoisotopic (exact) mass is 226 g/mol. The van der Waals surface area contributed by atoms with Crippen LogP contribution >= 0.6 is 0 Å². The molecule has 1 aliphatic carbocycles. The fourth-order valence-corrected chi connectivity index (χ4v) is 2.54. The molecule has 0 spiro atoms. The summed E-state index contributed by atoms with van der Waals surface area (Å²) in [5, 5.41) is 3.49. The predicted molar refractivity (Wildman–Crippen MR) is 71.8 cm³/mol. The quantitative estimate of drug-likeness (QED) is 0.775. The smallest absolute Gasteiger partial charge is 0.0107 e. The molecule has 2 nitrogen and oxygen atoms in total. The van der Waals surface area contributed by atoms with Gasteiger partial charge in [0.1, 0.15) is 0 Å². The van der Waals surface area contributed by atoms with E-state index < -0.39 is 0 Å². The highest BCUT2D eigenvalue weighted by Crippen LogP contribution is 2.36. The van der Waals surface area contributed by atoms with Crippen LogP contribution in [0.2, 0.25) is 0 Å². The topological polar surface area (TPSA) is 15.3 Å². The van der Waals surface area contributed by atoms with Crippen LogP contribution in [0.3, 0.4) is 0 Å². The summed E-state index contributed by atoms with van der Waals surface area (Å²) in [4.78, 5) is 2.55. The average Bonchev–Trinajstić information content (AvgIpc) is 2.16. The summed E-state index contributed by atoms with van der Waals surface area (Å²) in [5.41, 5.74) is 0.591. The molecule has 1 rings (SSSR count). The molecule has 16 heavy (non-hydrogen) atoms. The van der Waals surface area contributed by atoms with Crippen molar-refractivity contribution >= 4 is 0 Å². The maximum Gasteiger partial charge on any atom is 0.0107 e. The zero-order chi connectivity index (χ0) is 12.2. The normalized spacial score (nSPS) is 21.9. The lowest BCUT2D eigenvalue weighted by Crippen LogP contribution is -2.41. The summed E-state index contributed by atoms with van der Waals surface area (Å²) in [5.74, 6) is 0. The molecule has 0 aromatic heterocycles. The van der Waals surface area contributed by atoms with Gasteiger partial charge in [-0.05, 0) is 38.1 Å². The molecule has 1 fully saturated rings. The molecule has 0 atom stereocenters. The van der Waals surface area contributed by atoms with Gasteiger partial charge in [0.15, 0.2) is 0 Å². The highest BCUT2D eigenvalue weighted by atomic mass is 15.1. The van der Waals surface area contributed by atoms with Gasteiger partial charge in [-0.2, -0.15) is 0 Å². The molecule has 0 aromatic carbocycles. The molecule has 1 N–H and O–H groups in total. The number of hydrogen-bond acceptors (Lipinski definition) is 2. The molecule has 2 heteroatoms. The maximum atomic E-state index is 3.49. The Morgan fingerprint density at radius 3 is 2.31 bits per heavy atom. The Hall–Kier alpha value is -0.0800. The SMILES string of the molecule is CC(C)NCCN(C)C1CCC(C)(C)CC1. The third kappa shape index (κ3) is 4.84. The molecule has 96 valence electrons. The minimum atomic E-state index is 0.591. The zero-order valence-electron chi connectivity index (χ0n) is 11.8. The van der Waals surface area contributed by atoms with Crippen LogP contribution in [0.5, 0.6) is 0 Å². The van der Waals surface area contributed by atoms with E-state index in [0.717, 1.165) is 12.6 Å². The van der Waals surface area contributed by atoms with Gasteiger partial charge in [-0.15, -0.1) is 0 Å². The molecule has 0 heterocycles. The fraction of sp³-hybridized carbons (Fsp3) is 1.00. The van der Waals surface area contributed by atoms with E-state index in [2.05, 4.69) is 45.0 Å². The Morgan fingerprint density at radius 1 is 1.25 bits per heavy atom. The minimum Gasteiger partial charge on any atom is -0.313 e. The van der Waals surface area contributed by atoms with Crippen molar-refractivity contribution in [3.05, 3.63) is 0 Å². The second-order valence-electron chi connectivity index (χ2n) is 6.48. The van der Waals surface area contributed by atoms with E-state index in [9.17, 15) is 0 Å². The highest BCUT2D eigenvalue weighted by molar-refractivity contribution is 4.83. The molecular formula is C14H30N2. The number of rotatable bonds is 5. The molecule has 0 aliphatic heterocycles. The van der Waals surface area contributed by atoms with Crippen LogP contribution in [0, 0.1) is 5.41 Å². The van der Waals surface area contributed by atoms with Gasteiger partial charge in [0.25, 0.3) is 0 Å². The standard InChI is InChI=1S/C14H30N2/c1-12(2)15-10-11-16(5)13-6-8-14(3,4)9-7-13/h12-13,15H,6-11H2,1-5H3. The van der Waals surface area contributed by atoms with E-state index in [4.69, 9.17) is 0 Å². The molecular weight excluding hydrogens is 196 g/mol. The first kappa shape index (κ1) is 14.0. The van der Waals surface area contributed by atoms with Crippen molar-refractivity contribution in [2.24, 2.45) is 5.41 Å². The lowest BCUT2D eigenvalue weighted by Gasteiger charge is -2.38. The van der Waals surface area contributed by atoms with Crippen LogP contribution in [-0.4, -0.2) is 37.1 Å². The Bertz CT molecular complexity index is 189. The molecule has 0 aromatic rings. The predicted octanol–water partition coefficient (Wildman–Crippen LogP) is 2.89. The van der Waals surface area contributed by atoms with Crippen molar-refractivity contribution < 1.29 is 0 Å². The number of nitrogens with one attached hydrogen (secondary N) is 1. The van der Waals surface area contributed by atoms with E-state index in [0.29, 0.717) is 11.5 Å². The van der Waals surface area contributed by atoms with Crippen LogP contribution in [0.4, 0.5) is 0 Å². The third-order valence-electron chi connectivity index (χ3n) is 3.95. The van der Waals surface area contributed by atoms with Crippen LogP contribution in [0.15, 0.2) is 0 Å². The van der Waals surface area contributed by atoms with Gasteiger partial charge in [-0.25, -0.2) is 0 Å². The second-order valence-corrected chi connectivity index (χ2v) is 6.48. The van der Waals surface area contributed by atoms with Crippen molar-refractivity contribution in [3.8, 4) is 0 Å². The molecule has 0 unspecified atom stereocenters. The van der Waals surface area contributed by atoms with E-state index >= 15 is 0 Å². The van der Waals surface area contributed by atoms with Gasteiger partial charge in [0.05, 0.1) is 0 Å². The van der Waals surface area contributed by atoms with Crippen LogP contribution in [-0.2, 0) is 0 Å². The summed E-state index contributed by atoms with van der Waals surface area (Å²) >= 11 is 0. The minimum absolute atomic E-state index is 0.591.